The lowest BCUT2D eigenvalue weighted by Crippen LogP contribution is -2.38. The fourth-order valence-electron chi connectivity index (χ4n) is 3.43. The molecule has 2 saturated heterocycles. The Hall–Kier alpha value is -1.92. The van der Waals surface area contributed by atoms with Gasteiger partial charge in [-0.15, -0.1) is 5.10 Å². The van der Waals surface area contributed by atoms with Gasteiger partial charge in [-0.25, -0.2) is 4.98 Å². The van der Waals surface area contributed by atoms with E-state index in [4.69, 9.17) is 0 Å². The number of hydrogen-bond acceptors (Lipinski definition) is 4. The minimum atomic E-state index is -0.809. The number of rotatable bonds is 4. The van der Waals surface area contributed by atoms with Gasteiger partial charge in [-0.2, -0.15) is 0 Å². The number of fused-ring (bicyclic) bond motifs is 2. The van der Waals surface area contributed by atoms with E-state index in [2.05, 4.69) is 15.2 Å². The van der Waals surface area contributed by atoms with Crippen molar-refractivity contribution in [2.24, 2.45) is 5.92 Å². The first-order chi connectivity index (χ1) is 9.61. The molecule has 2 bridgehead atoms. The van der Waals surface area contributed by atoms with Gasteiger partial charge in [0.05, 0.1) is 5.92 Å². The van der Waals surface area contributed by atoms with Gasteiger partial charge < -0.3 is 10.0 Å². The topological polar surface area (TPSA) is 99.2 Å². The second-order valence-corrected chi connectivity index (χ2v) is 5.55. The maximum atomic E-state index is 12.5. The van der Waals surface area contributed by atoms with Crippen molar-refractivity contribution >= 4 is 11.9 Å². The normalized spacial score (nSPS) is 28.1. The zero-order valence-corrected chi connectivity index (χ0v) is 11.4. The van der Waals surface area contributed by atoms with Crippen molar-refractivity contribution in [3.05, 3.63) is 11.6 Å². The van der Waals surface area contributed by atoms with Gasteiger partial charge in [-0.3, -0.25) is 14.7 Å². The van der Waals surface area contributed by atoms with E-state index < -0.39 is 11.9 Å². The Balaban J connectivity index is 1.79. The lowest BCUT2D eigenvalue weighted by atomic mass is 9.89. The third kappa shape index (κ3) is 1.97. The molecule has 108 valence electrons. The minimum Gasteiger partial charge on any atom is -0.481 e. The molecule has 0 spiro atoms. The van der Waals surface area contributed by atoms with E-state index in [0.717, 1.165) is 25.7 Å². The summed E-state index contributed by atoms with van der Waals surface area (Å²) in [6.45, 7) is 2.03. The lowest BCUT2D eigenvalue weighted by Gasteiger charge is -2.21. The van der Waals surface area contributed by atoms with Crippen LogP contribution in [0.15, 0.2) is 0 Å². The standard InChI is InChI=1S/C13H18N4O3/c1-2-3-10-14-11(16-15-10)12(18)17-7-4-5-9(17)8(6-7)13(19)20/h7-9H,2-6H2,1H3,(H,19,20)(H,14,15,16). The quantitative estimate of drug-likeness (QED) is 0.850. The fourth-order valence-corrected chi connectivity index (χ4v) is 3.43. The Morgan fingerprint density at radius 2 is 2.25 bits per heavy atom. The van der Waals surface area contributed by atoms with Crippen molar-refractivity contribution in [1.82, 2.24) is 20.1 Å². The highest BCUT2D eigenvalue weighted by atomic mass is 16.4. The van der Waals surface area contributed by atoms with Crippen molar-refractivity contribution in [3.8, 4) is 0 Å². The highest BCUT2D eigenvalue weighted by Crippen LogP contribution is 2.42. The van der Waals surface area contributed by atoms with Gasteiger partial charge in [0.2, 0.25) is 5.82 Å². The molecule has 20 heavy (non-hydrogen) atoms. The number of hydrogen-bond donors (Lipinski definition) is 2. The van der Waals surface area contributed by atoms with Crippen LogP contribution in [0, 0.1) is 5.92 Å². The highest BCUT2D eigenvalue weighted by molar-refractivity contribution is 5.92. The molecule has 0 radical (unpaired) electrons. The van der Waals surface area contributed by atoms with Crippen molar-refractivity contribution in [1.29, 1.82) is 0 Å². The van der Waals surface area contributed by atoms with Gasteiger partial charge in [0.25, 0.3) is 5.91 Å². The average Bonchev–Trinajstić information content (AvgIpc) is 3.11. The Morgan fingerprint density at radius 1 is 1.45 bits per heavy atom. The largest absolute Gasteiger partial charge is 0.481 e. The third-order valence-corrected chi connectivity index (χ3v) is 4.30. The number of aromatic amines is 1. The van der Waals surface area contributed by atoms with Crippen molar-refractivity contribution in [2.45, 2.75) is 51.1 Å². The van der Waals surface area contributed by atoms with Crippen molar-refractivity contribution in [3.63, 3.8) is 0 Å². The van der Waals surface area contributed by atoms with Gasteiger partial charge in [0, 0.05) is 18.5 Å². The SMILES string of the molecule is CCCc1nc(C(=O)N2C3CCC2C(C(=O)O)C3)n[nH]1. The van der Waals surface area contributed by atoms with Gasteiger partial charge in [-0.1, -0.05) is 6.92 Å². The molecular formula is C13H18N4O3. The summed E-state index contributed by atoms with van der Waals surface area (Å²) >= 11 is 0. The molecule has 7 nitrogen and oxygen atoms in total. The predicted octanol–water partition coefficient (Wildman–Crippen LogP) is 0.835. The van der Waals surface area contributed by atoms with Gasteiger partial charge in [0.15, 0.2) is 0 Å². The minimum absolute atomic E-state index is 0.0294. The molecule has 3 rings (SSSR count). The van der Waals surface area contributed by atoms with Gasteiger partial charge in [0.1, 0.15) is 5.82 Å². The van der Waals surface area contributed by atoms with Crippen LogP contribution in [0.1, 0.15) is 49.1 Å². The number of aromatic nitrogens is 3. The third-order valence-electron chi connectivity index (χ3n) is 4.30. The number of H-pyrrole nitrogens is 1. The highest BCUT2D eigenvalue weighted by Gasteiger charge is 2.52. The zero-order valence-electron chi connectivity index (χ0n) is 11.4. The van der Waals surface area contributed by atoms with E-state index in [1.165, 1.54) is 0 Å². The van der Waals surface area contributed by atoms with Crippen LogP contribution < -0.4 is 0 Å². The molecule has 3 heterocycles. The van der Waals surface area contributed by atoms with Gasteiger partial charge in [-0.05, 0) is 25.7 Å². The molecule has 0 aliphatic carbocycles. The molecule has 2 N–H and O–H groups in total. The van der Waals surface area contributed by atoms with Crippen molar-refractivity contribution in [2.75, 3.05) is 0 Å². The monoisotopic (exact) mass is 278 g/mol. The maximum absolute atomic E-state index is 12.5. The first kappa shape index (κ1) is 13.1. The molecular weight excluding hydrogens is 260 g/mol. The molecule has 1 amide bonds. The van der Waals surface area contributed by atoms with Crippen LogP contribution in [0.5, 0.6) is 0 Å². The van der Waals surface area contributed by atoms with Crippen LogP contribution in [0.2, 0.25) is 0 Å². The van der Waals surface area contributed by atoms with E-state index in [1.54, 1.807) is 4.90 Å². The number of carboxylic acid groups (broad SMARTS) is 1. The van der Waals surface area contributed by atoms with Crippen molar-refractivity contribution < 1.29 is 14.7 Å². The Morgan fingerprint density at radius 3 is 2.90 bits per heavy atom. The van der Waals surface area contributed by atoms with E-state index in [-0.39, 0.29) is 23.8 Å². The fraction of sp³-hybridized carbons (Fsp3) is 0.692. The predicted molar refractivity (Wildman–Crippen MR) is 69.1 cm³/mol. The Labute approximate surface area is 116 Å². The smallest absolute Gasteiger partial charge is 0.308 e. The second kappa shape index (κ2) is 4.88. The maximum Gasteiger partial charge on any atom is 0.308 e. The number of carboxylic acids is 1. The number of nitrogens with one attached hydrogen (secondary N) is 1. The molecule has 0 saturated carbocycles. The lowest BCUT2D eigenvalue weighted by molar-refractivity contribution is -0.142. The first-order valence-electron chi connectivity index (χ1n) is 7.08. The average molecular weight is 278 g/mol. The first-order valence-corrected chi connectivity index (χ1v) is 7.08. The number of aliphatic carboxylic acids is 1. The number of aryl methyl sites for hydroxylation is 1. The Bertz CT molecular complexity index is 541. The molecule has 2 aliphatic heterocycles. The van der Waals surface area contributed by atoms with E-state index in [9.17, 15) is 14.7 Å². The molecule has 1 aromatic heterocycles. The summed E-state index contributed by atoms with van der Waals surface area (Å²) in [4.78, 5) is 29.6. The van der Waals surface area contributed by atoms with Crippen LogP contribution in [-0.2, 0) is 11.2 Å². The summed E-state index contributed by atoms with van der Waals surface area (Å²) in [5.74, 6) is -0.614. The molecule has 2 aliphatic rings. The van der Waals surface area contributed by atoms with Crippen LogP contribution >= 0.6 is 0 Å². The zero-order chi connectivity index (χ0) is 14.3. The summed E-state index contributed by atoms with van der Waals surface area (Å²) in [7, 11) is 0. The summed E-state index contributed by atoms with van der Waals surface area (Å²) in [6, 6.07) is -0.167. The summed E-state index contributed by atoms with van der Waals surface area (Å²) in [5.41, 5.74) is 0. The van der Waals surface area contributed by atoms with Crippen LogP contribution in [0.4, 0.5) is 0 Å². The van der Waals surface area contributed by atoms with Crippen LogP contribution in [-0.4, -0.2) is 49.1 Å². The summed E-state index contributed by atoms with van der Waals surface area (Å²) < 4.78 is 0. The Kier molecular flexibility index (Phi) is 3.19. The number of carbonyl (C=O) groups excluding carboxylic acids is 1. The molecule has 7 heteroatoms. The molecule has 2 fully saturated rings. The van der Waals surface area contributed by atoms with Crippen LogP contribution in [0.25, 0.3) is 0 Å². The molecule has 0 aromatic carbocycles. The van der Waals surface area contributed by atoms with Crippen LogP contribution in [0.3, 0.4) is 0 Å². The number of amides is 1. The second-order valence-electron chi connectivity index (χ2n) is 5.55. The van der Waals surface area contributed by atoms with E-state index in [0.29, 0.717) is 12.2 Å². The van der Waals surface area contributed by atoms with E-state index in [1.807, 2.05) is 6.92 Å². The molecule has 3 unspecified atom stereocenters. The van der Waals surface area contributed by atoms with E-state index >= 15 is 0 Å². The van der Waals surface area contributed by atoms with Gasteiger partial charge >= 0.3 is 5.97 Å². The molecule has 1 aromatic rings. The number of nitrogens with zero attached hydrogens (tertiary/aromatic N) is 3. The number of carbonyl (C=O) groups is 2. The molecule has 3 atom stereocenters. The summed E-state index contributed by atoms with van der Waals surface area (Å²) in [6.07, 6.45) is 3.88. The summed E-state index contributed by atoms with van der Waals surface area (Å²) in [5, 5.41) is 15.9.